The van der Waals surface area contributed by atoms with Crippen molar-refractivity contribution in [2.75, 3.05) is 13.1 Å². The van der Waals surface area contributed by atoms with E-state index in [4.69, 9.17) is 5.11 Å². The number of hydrogen-bond donors (Lipinski definition) is 1. The first kappa shape index (κ1) is 14.5. The highest BCUT2D eigenvalue weighted by Gasteiger charge is 2.27. The summed E-state index contributed by atoms with van der Waals surface area (Å²) in [6, 6.07) is 0.733. The van der Waals surface area contributed by atoms with Crippen molar-refractivity contribution in [1.82, 2.24) is 4.90 Å². The number of hydrogen-bond acceptors (Lipinski definition) is 2. The summed E-state index contributed by atoms with van der Waals surface area (Å²) in [5.41, 5.74) is -0.572. The van der Waals surface area contributed by atoms with E-state index in [2.05, 4.69) is 11.8 Å². The topological polar surface area (TPSA) is 40.5 Å². The van der Waals surface area contributed by atoms with E-state index in [1.165, 1.54) is 32.2 Å². The molecule has 0 aromatic heterocycles. The van der Waals surface area contributed by atoms with Crippen molar-refractivity contribution in [3.63, 3.8) is 0 Å². The normalized spacial score (nSPS) is 22.6. The van der Waals surface area contributed by atoms with Gasteiger partial charge in [0.25, 0.3) is 0 Å². The summed E-state index contributed by atoms with van der Waals surface area (Å²) in [5, 5.41) is 9.06. The zero-order valence-electron chi connectivity index (χ0n) is 11.5. The fraction of sp³-hybridized carbons (Fsp3) is 0.929. The fourth-order valence-corrected chi connectivity index (χ4v) is 2.65. The number of likely N-dealkylation sites (tertiary alicyclic amines) is 1. The van der Waals surface area contributed by atoms with Gasteiger partial charge in [-0.2, -0.15) is 0 Å². The molecule has 1 aliphatic rings. The minimum Gasteiger partial charge on any atom is -0.481 e. The number of piperidine rings is 1. The first-order chi connectivity index (χ1) is 7.97. The van der Waals surface area contributed by atoms with Crippen molar-refractivity contribution in [1.29, 1.82) is 0 Å². The van der Waals surface area contributed by atoms with Crippen LogP contribution in [0.3, 0.4) is 0 Å². The molecule has 0 spiro atoms. The van der Waals surface area contributed by atoms with E-state index >= 15 is 0 Å². The highest BCUT2D eigenvalue weighted by molar-refractivity contribution is 5.73. The Labute approximate surface area is 105 Å². The van der Waals surface area contributed by atoms with E-state index in [0.29, 0.717) is 0 Å². The van der Waals surface area contributed by atoms with Crippen LogP contribution in [-0.4, -0.2) is 35.1 Å². The molecule has 1 rings (SSSR count). The van der Waals surface area contributed by atoms with E-state index in [1.807, 2.05) is 13.8 Å². The molecule has 100 valence electrons. The molecule has 0 aromatic carbocycles. The molecule has 3 heteroatoms. The Balaban J connectivity index is 2.32. The molecule has 3 nitrogen and oxygen atoms in total. The quantitative estimate of drug-likeness (QED) is 0.776. The lowest BCUT2D eigenvalue weighted by Gasteiger charge is -2.35. The molecule has 0 radical (unpaired) electrons. The van der Waals surface area contributed by atoms with Crippen molar-refractivity contribution in [3.05, 3.63) is 0 Å². The number of aliphatic carboxylic acids is 1. The average molecular weight is 241 g/mol. The number of carboxylic acids is 1. The third-order valence-electron chi connectivity index (χ3n) is 4.05. The first-order valence-corrected chi connectivity index (χ1v) is 6.95. The van der Waals surface area contributed by atoms with Gasteiger partial charge in [-0.3, -0.25) is 4.79 Å². The van der Waals surface area contributed by atoms with Crippen LogP contribution in [0.4, 0.5) is 0 Å². The fourth-order valence-electron chi connectivity index (χ4n) is 2.65. The Morgan fingerprint density at radius 1 is 1.41 bits per heavy atom. The third kappa shape index (κ3) is 4.30. The van der Waals surface area contributed by atoms with Crippen LogP contribution in [0.2, 0.25) is 0 Å². The lowest BCUT2D eigenvalue weighted by atomic mass is 9.87. The van der Waals surface area contributed by atoms with Crippen molar-refractivity contribution < 1.29 is 9.90 Å². The lowest BCUT2D eigenvalue weighted by Crippen LogP contribution is -2.40. The second-order valence-electron chi connectivity index (χ2n) is 5.89. The lowest BCUT2D eigenvalue weighted by molar-refractivity contribution is -0.147. The molecule has 1 heterocycles. The predicted octanol–water partition coefficient (Wildman–Crippen LogP) is 3.14. The number of rotatable bonds is 6. The summed E-state index contributed by atoms with van der Waals surface area (Å²) in [4.78, 5) is 13.6. The third-order valence-corrected chi connectivity index (χ3v) is 4.05. The molecule has 0 aromatic rings. The Hall–Kier alpha value is -0.570. The molecular formula is C14H27NO2. The van der Waals surface area contributed by atoms with Crippen LogP contribution in [0, 0.1) is 5.41 Å². The molecule has 1 fully saturated rings. The molecule has 1 atom stereocenters. The van der Waals surface area contributed by atoms with Gasteiger partial charge < -0.3 is 10.0 Å². The van der Waals surface area contributed by atoms with Gasteiger partial charge in [-0.05, 0) is 59.0 Å². The summed E-state index contributed by atoms with van der Waals surface area (Å²) >= 11 is 0. The Morgan fingerprint density at radius 2 is 2.12 bits per heavy atom. The minimum absolute atomic E-state index is 0.572. The van der Waals surface area contributed by atoms with Crippen molar-refractivity contribution in [2.45, 2.75) is 65.3 Å². The Kier molecular flexibility index (Phi) is 5.44. The van der Waals surface area contributed by atoms with Crippen LogP contribution in [0.1, 0.15) is 59.3 Å². The average Bonchev–Trinajstić information content (AvgIpc) is 2.29. The maximum Gasteiger partial charge on any atom is 0.309 e. The maximum atomic E-state index is 11.0. The Morgan fingerprint density at radius 3 is 2.71 bits per heavy atom. The molecular weight excluding hydrogens is 214 g/mol. The zero-order valence-corrected chi connectivity index (χ0v) is 11.5. The van der Waals surface area contributed by atoms with Crippen LogP contribution in [0.5, 0.6) is 0 Å². The molecule has 1 unspecified atom stereocenters. The largest absolute Gasteiger partial charge is 0.481 e. The van der Waals surface area contributed by atoms with Gasteiger partial charge in [0, 0.05) is 6.04 Å². The molecule has 1 saturated heterocycles. The summed E-state index contributed by atoms with van der Waals surface area (Å²) in [5.74, 6) is -0.678. The van der Waals surface area contributed by atoms with Gasteiger partial charge >= 0.3 is 5.97 Å². The van der Waals surface area contributed by atoms with Crippen LogP contribution < -0.4 is 0 Å². The van der Waals surface area contributed by atoms with E-state index in [1.54, 1.807) is 0 Å². The standard InChI is InChI=1S/C14H27NO2/c1-4-12-8-5-6-10-15(12)11-7-9-14(2,3)13(16)17/h12H,4-11H2,1-3H3,(H,16,17). The molecule has 1 aliphatic heterocycles. The predicted molar refractivity (Wildman–Crippen MR) is 70.2 cm³/mol. The highest BCUT2D eigenvalue weighted by Crippen LogP contribution is 2.25. The van der Waals surface area contributed by atoms with Crippen LogP contribution in [0.15, 0.2) is 0 Å². The van der Waals surface area contributed by atoms with Crippen molar-refractivity contribution >= 4 is 5.97 Å². The number of nitrogens with zero attached hydrogens (tertiary/aromatic N) is 1. The smallest absolute Gasteiger partial charge is 0.309 e. The van der Waals surface area contributed by atoms with E-state index in [0.717, 1.165) is 25.4 Å². The van der Waals surface area contributed by atoms with Crippen molar-refractivity contribution in [3.8, 4) is 0 Å². The van der Waals surface area contributed by atoms with Crippen LogP contribution in [-0.2, 0) is 4.79 Å². The number of carbonyl (C=O) groups is 1. The SMILES string of the molecule is CCC1CCCCN1CCCC(C)(C)C(=O)O. The zero-order chi connectivity index (χ0) is 12.9. The van der Waals surface area contributed by atoms with E-state index < -0.39 is 11.4 Å². The molecule has 0 saturated carbocycles. The molecule has 0 aliphatic carbocycles. The van der Waals surface area contributed by atoms with Gasteiger partial charge in [0.1, 0.15) is 0 Å². The summed E-state index contributed by atoms with van der Waals surface area (Å²) in [7, 11) is 0. The first-order valence-electron chi connectivity index (χ1n) is 6.95. The van der Waals surface area contributed by atoms with E-state index in [-0.39, 0.29) is 0 Å². The minimum atomic E-state index is -0.678. The molecule has 17 heavy (non-hydrogen) atoms. The van der Waals surface area contributed by atoms with Gasteiger partial charge in [-0.1, -0.05) is 13.3 Å². The molecule has 1 N–H and O–H groups in total. The Bertz CT molecular complexity index is 251. The summed E-state index contributed by atoms with van der Waals surface area (Å²) in [6.07, 6.45) is 6.97. The summed E-state index contributed by atoms with van der Waals surface area (Å²) in [6.45, 7) is 8.16. The van der Waals surface area contributed by atoms with Gasteiger partial charge in [0.05, 0.1) is 5.41 Å². The van der Waals surface area contributed by atoms with Gasteiger partial charge in [-0.25, -0.2) is 0 Å². The van der Waals surface area contributed by atoms with Gasteiger partial charge in [-0.15, -0.1) is 0 Å². The second kappa shape index (κ2) is 6.39. The van der Waals surface area contributed by atoms with Crippen molar-refractivity contribution in [2.24, 2.45) is 5.41 Å². The maximum absolute atomic E-state index is 11.0. The monoisotopic (exact) mass is 241 g/mol. The van der Waals surface area contributed by atoms with Gasteiger partial charge in [0.2, 0.25) is 0 Å². The van der Waals surface area contributed by atoms with Gasteiger partial charge in [0.15, 0.2) is 0 Å². The van der Waals surface area contributed by atoms with Crippen LogP contribution in [0.25, 0.3) is 0 Å². The van der Waals surface area contributed by atoms with E-state index in [9.17, 15) is 4.79 Å². The van der Waals surface area contributed by atoms with Crippen LogP contribution >= 0.6 is 0 Å². The number of carboxylic acid groups (broad SMARTS) is 1. The summed E-state index contributed by atoms with van der Waals surface area (Å²) < 4.78 is 0. The molecule has 0 amide bonds. The highest BCUT2D eigenvalue weighted by atomic mass is 16.4. The molecule has 0 bridgehead atoms. The second-order valence-corrected chi connectivity index (χ2v) is 5.89.